The minimum atomic E-state index is -0.621. The summed E-state index contributed by atoms with van der Waals surface area (Å²) >= 11 is 3.43. The first-order valence-corrected chi connectivity index (χ1v) is 10.3. The molecule has 6 nitrogen and oxygen atoms in total. The van der Waals surface area contributed by atoms with E-state index in [0.29, 0.717) is 25.2 Å². The van der Waals surface area contributed by atoms with E-state index in [9.17, 15) is 9.90 Å². The van der Waals surface area contributed by atoms with Crippen molar-refractivity contribution in [1.29, 1.82) is 0 Å². The van der Waals surface area contributed by atoms with Crippen molar-refractivity contribution >= 4 is 27.5 Å². The van der Waals surface area contributed by atoms with Crippen LogP contribution < -0.4 is 5.32 Å². The Morgan fingerprint density at radius 2 is 2.04 bits per heavy atom. The van der Waals surface area contributed by atoms with Crippen molar-refractivity contribution in [3.8, 4) is 0 Å². The summed E-state index contributed by atoms with van der Waals surface area (Å²) in [6.45, 7) is 1.66. The van der Waals surface area contributed by atoms with Gasteiger partial charge in [-0.05, 0) is 52.0 Å². The van der Waals surface area contributed by atoms with Crippen molar-refractivity contribution in [3.63, 3.8) is 0 Å². The number of imidazole rings is 1. The zero-order chi connectivity index (χ0) is 19.3. The molecule has 2 aliphatic rings. The maximum Gasteiger partial charge on any atom is 0.274 e. The van der Waals surface area contributed by atoms with Gasteiger partial charge in [-0.2, -0.15) is 0 Å². The molecule has 0 radical (unpaired) electrons. The lowest BCUT2D eigenvalue weighted by molar-refractivity contribution is -0.0140. The second-order valence-corrected chi connectivity index (χ2v) is 8.63. The van der Waals surface area contributed by atoms with Crippen LogP contribution in [0.4, 0.5) is 0 Å². The average Bonchev–Trinajstić information content (AvgIpc) is 3.13. The van der Waals surface area contributed by atoms with E-state index in [2.05, 4.69) is 38.4 Å². The predicted octanol–water partition coefficient (Wildman–Crippen LogP) is 2.39. The highest BCUT2D eigenvalue weighted by Crippen LogP contribution is 2.32. The number of hydrogen-bond donors (Lipinski definition) is 2. The molecule has 28 heavy (non-hydrogen) atoms. The topological polar surface area (TPSA) is 69.9 Å². The number of aliphatic hydroxyl groups is 1. The van der Waals surface area contributed by atoms with Gasteiger partial charge in [0.1, 0.15) is 11.3 Å². The molecule has 1 fully saturated rings. The standard InChI is InChI=1S/C21H21BrN4O2/c22-16-5-6-19-24-17(12-26(19)11-16)20(28)25-8-7-21(18(27)13-25)9-14-3-1-2-4-15(14)10-23-21/h1-6,11-12,18,23,27H,7-10,13H2. The van der Waals surface area contributed by atoms with E-state index in [1.807, 2.05) is 34.9 Å². The summed E-state index contributed by atoms with van der Waals surface area (Å²) in [5.74, 6) is -0.134. The summed E-state index contributed by atoms with van der Waals surface area (Å²) in [5.41, 5.74) is 3.34. The number of aliphatic hydroxyl groups excluding tert-OH is 1. The molecule has 144 valence electrons. The van der Waals surface area contributed by atoms with Crippen molar-refractivity contribution in [1.82, 2.24) is 19.6 Å². The van der Waals surface area contributed by atoms with Crippen molar-refractivity contribution in [3.05, 3.63) is 70.1 Å². The smallest absolute Gasteiger partial charge is 0.274 e. The summed E-state index contributed by atoms with van der Waals surface area (Å²) in [4.78, 5) is 19.1. The average molecular weight is 441 g/mol. The van der Waals surface area contributed by atoms with E-state index in [1.54, 1.807) is 11.1 Å². The van der Waals surface area contributed by atoms with Gasteiger partial charge >= 0.3 is 0 Å². The van der Waals surface area contributed by atoms with E-state index in [-0.39, 0.29) is 11.4 Å². The van der Waals surface area contributed by atoms with E-state index in [4.69, 9.17) is 0 Å². The molecule has 2 atom stereocenters. The molecule has 2 N–H and O–H groups in total. The highest BCUT2D eigenvalue weighted by molar-refractivity contribution is 9.10. The maximum atomic E-state index is 13.0. The molecule has 4 heterocycles. The Morgan fingerprint density at radius 1 is 1.21 bits per heavy atom. The lowest BCUT2D eigenvalue weighted by Crippen LogP contribution is -2.65. The minimum absolute atomic E-state index is 0.134. The molecule has 2 unspecified atom stereocenters. The van der Waals surface area contributed by atoms with E-state index >= 15 is 0 Å². The monoisotopic (exact) mass is 440 g/mol. The number of carbonyl (C=O) groups excluding carboxylic acids is 1. The van der Waals surface area contributed by atoms with Gasteiger partial charge in [0.05, 0.1) is 11.6 Å². The van der Waals surface area contributed by atoms with E-state index in [0.717, 1.165) is 23.1 Å². The van der Waals surface area contributed by atoms with Gasteiger partial charge in [-0.25, -0.2) is 4.98 Å². The van der Waals surface area contributed by atoms with Crippen molar-refractivity contribution < 1.29 is 9.90 Å². The van der Waals surface area contributed by atoms with Gasteiger partial charge in [0.25, 0.3) is 5.91 Å². The van der Waals surface area contributed by atoms with Gasteiger partial charge < -0.3 is 19.7 Å². The molecule has 0 saturated carbocycles. The molecule has 7 heteroatoms. The Labute approximate surface area is 171 Å². The molecule has 2 aliphatic heterocycles. The Hall–Kier alpha value is -2.22. The minimum Gasteiger partial charge on any atom is -0.389 e. The number of benzene rings is 1. The molecule has 0 aliphatic carbocycles. The van der Waals surface area contributed by atoms with Crippen LogP contribution in [-0.4, -0.2) is 50.0 Å². The van der Waals surface area contributed by atoms with Gasteiger partial charge in [0, 0.05) is 36.5 Å². The Kier molecular flexibility index (Phi) is 4.26. The summed E-state index contributed by atoms with van der Waals surface area (Å²) in [7, 11) is 0. The zero-order valence-electron chi connectivity index (χ0n) is 15.3. The molecular formula is C21H21BrN4O2. The number of nitrogens with one attached hydrogen (secondary N) is 1. The number of fused-ring (bicyclic) bond motifs is 2. The van der Waals surface area contributed by atoms with Crippen molar-refractivity contribution in [2.45, 2.75) is 31.0 Å². The molecule has 0 bridgehead atoms. The molecular weight excluding hydrogens is 420 g/mol. The summed E-state index contributed by atoms with van der Waals surface area (Å²) in [5, 5.41) is 14.5. The second-order valence-electron chi connectivity index (χ2n) is 7.71. The van der Waals surface area contributed by atoms with Gasteiger partial charge in [0.2, 0.25) is 0 Å². The fraction of sp³-hybridized carbons (Fsp3) is 0.333. The van der Waals surface area contributed by atoms with Crippen LogP contribution in [0.2, 0.25) is 0 Å². The molecule has 5 rings (SSSR count). The molecule has 1 amide bonds. The number of aromatic nitrogens is 2. The van der Waals surface area contributed by atoms with Crippen molar-refractivity contribution in [2.75, 3.05) is 13.1 Å². The highest BCUT2D eigenvalue weighted by atomic mass is 79.9. The Morgan fingerprint density at radius 3 is 2.86 bits per heavy atom. The quantitative estimate of drug-likeness (QED) is 0.609. The third-order valence-electron chi connectivity index (χ3n) is 6.04. The van der Waals surface area contributed by atoms with Gasteiger partial charge in [-0.15, -0.1) is 0 Å². The number of rotatable bonds is 1. The number of pyridine rings is 1. The fourth-order valence-electron chi connectivity index (χ4n) is 4.38. The molecule has 1 saturated heterocycles. The summed E-state index contributed by atoms with van der Waals surface area (Å²) in [6, 6.07) is 12.1. The first-order valence-electron chi connectivity index (χ1n) is 9.47. The summed E-state index contributed by atoms with van der Waals surface area (Å²) < 4.78 is 2.76. The van der Waals surface area contributed by atoms with Gasteiger partial charge in [-0.1, -0.05) is 24.3 Å². The van der Waals surface area contributed by atoms with Crippen LogP contribution in [0.25, 0.3) is 5.65 Å². The number of carbonyl (C=O) groups is 1. The van der Waals surface area contributed by atoms with E-state index < -0.39 is 6.10 Å². The second kappa shape index (κ2) is 6.69. The Balaban J connectivity index is 1.35. The normalized spacial score (nSPS) is 24.5. The molecule has 1 aromatic carbocycles. The number of likely N-dealkylation sites (tertiary alicyclic amines) is 1. The fourth-order valence-corrected chi connectivity index (χ4v) is 4.73. The van der Waals surface area contributed by atoms with Crippen LogP contribution in [0, 0.1) is 0 Å². The van der Waals surface area contributed by atoms with Gasteiger partial charge in [-0.3, -0.25) is 4.79 Å². The van der Waals surface area contributed by atoms with Crippen LogP contribution in [-0.2, 0) is 13.0 Å². The lowest BCUT2D eigenvalue weighted by Gasteiger charge is -2.48. The largest absolute Gasteiger partial charge is 0.389 e. The van der Waals surface area contributed by atoms with Crippen LogP contribution in [0.15, 0.2) is 53.3 Å². The van der Waals surface area contributed by atoms with Crippen LogP contribution in [0.5, 0.6) is 0 Å². The zero-order valence-corrected chi connectivity index (χ0v) is 16.9. The van der Waals surface area contributed by atoms with E-state index in [1.165, 1.54) is 11.1 Å². The molecule has 1 spiro atoms. The number of piperidine rings is 1. The first-order chi connectivity index (χ1) is 13.5. The van der Waals surface area contributed by atoms with Crippen molar-refractivity contribution in [2.24, 2.45) is 0 Å². The third-order valence-corrected chi connectivity index (χ3v) is 6.50. The molecule has 3 aromatic rings. The number of halogens is 1. The van der Waals surface area contributed by atoms with Crippen LogP contribution >= 0.6 is 15.9 Å². The van der Waals surface area contributed by atoms with Gasteiger partial charge in [0.15, 0.2) is 0 Å². The lowest BCUT2D eigenvalue weighted by atomic mass is 9.76. The summed E-state index contributed by atoms with van der Waals surface area (Å²) in [6.07, 6.45) is 4.50. The SMILES string of the molecule is O=C(c1cn2cc(Br)ccc2n1)N1CCC2(Cc3ccccc3CN2)C(O)C1. The highest BCUT2D eigenvalue weighted by Gasteiger charge is 2.45. The number of hydrogen-bond acceptors (Lipinski definition) is 4. The van der Waals surface area contributed by atoms with Crippen LogP contribution in [0.3, 0.4) is 0 Å². The predicted molar refractivity (Wildman–Crippen MR) is 109 cm³/mol. The Bertz CT molecular complexity index is 1070. The number of amides is 1. The van der Waals surface area contributed by atoms with Crippen LogP contribution in [0.1, 0.15) is 28.0 Å². The molecule has 2 aromatic heterocycles. The third kappa shape index (κ3) is 2.94. The first kappa shape index (κ1) is 17.8. The number of β-amino-alcohol motifs (C(OH)–C–C–N with tert-alkyl or cyclic N) is 1. The maximum absolute atomic E-state index is 13.0. The number of nitrogens with zero attached hydrogens (tertiary/aromatic N) is 3.